The molecule has 30 heavy (non-hydrogen) atoms. The van der Waals surface area contributed by atoms with Gasteiger partial charge in [-0.05, 0) is 42.3 Å². The van der Waals surface area contributed by atoms with E-state index in [1.54, 1.807) is 12.1 Å². The van der Waals surface area contributed by atoms with E-state index in [2.05, 4.69) is 26.5 Å². The fourth-order valence-corrected chi connectivity index (χ4v) is 3.14. The zero-order valence-electron chi connectivity index (χ0n) is 16.3. The number of aromatic hydroxyl groups is 1. The second-order valence-corrected chi connectivity index (χ2v) is 7.16. The number of carbonyl (C=O) groups is 1. The minimum absolute atomic E-state index is 0.0483. The highest BCUT2D eigenvalue weighted by molar-refractivity contribution is 9.10. The summed E-state index contributed by atoms with van der Waals surface area (Å²) in [4.78, 5) is 12.0. The first-order chi connectivity index (χ1) is 14.6. The molecule has 0 spiro atoms. The van der Waals surface area contributed by atoms with Crippen LogP contribution in [0.2, 0.25) is 0 Å². The molecule has 3 rings (SSSR count). The third kappa shape index (κ3) is 5.84. The van der Waals surface area contributed by atoms with Gasteiger partial charge < -0.3 is 14.6 Å². The maximum absolute atomic E-state index is 12.0. The van der Waals surface area contributed by atoms with Gasteiger partial charge in [-0.3, -0.25) is 4.79 Å². The fraction of sp³-hybridized carbons (Fsp3) is 0.130. The predicted octanol–water partition coefficient (Wildman–Crippen LogP) is 4.75. The van der Waals surface area contributed by atoms with E-state index in [9.17, 15) is 9.90 Å². The first-order valence-electron chi connectivity index (χ1n) is 9.32. The summed E-state index contributed by atoms with van der Waals surface area (Å²) in [6.45, 7) is 2.06. The average molecular weight is 469 g/mol. The highest BCUT2D eigenvalue weighted by Crippen LogP contribution is 2.32. The van der Waals surface area contributed by atoms with Gasteiger partial charge in [0.1, 0.15) is 5.75 Å². The number of hydrogen-bond donors (Lipinski definition) is 2. The lowest BCUT2D eigenvalue weighted by molar-refractivity contribution is -0.123. The summed E-state index contributed by atoms with van der Waals surface area (Å²) < 4.78 is 11.6. The molecule has 0 unspecified atom stereocenters. The Morgan fingerprint density at radius 1 is 1.07 bits per heavy atom. The number of amides is 1. The summed E-state index contributed by atoms with van der Waals surface area (Å²) >= 11 is 3.35. The molecule has 154 valence electrons. The summed E-state index contributed by atoms with van der Waals surface area (Å²) in [6.07, 6.45) is 1.34. The Morgan fingerprint density at radius 3 is 2.47 bits per heavy atom. The van der Waals surface area contributed by atoms with Crippen molar-refractivity contribution in [3.05, 3.63) is 76.8 Å². The molecule has 0 aromatic heterocycles. The Labute approximate surface area is 183 Å². The van der Waals surface area contributed by atoms with Crippen LogP contribution in [0.1, 0.15) is 12.5 Å². The van der Waals surface area contributed by atoms with E-state index in [-0.39, 0.29) is 12.4 Å². The van der Waals surface area contributed by atoms with Crippen molar-refractivity contribution in [3.8, 4) is 28.4 Å². The quantitative estimate of drug-likeness (QED) is 0.369. The molecule has 0 saturated heterocycles. The molecule has 0 radical (unpaired) electrons. The van der Waals surface area contributed by atoms with Crippen LogP contribution in [0.3, 0.4) is 0 Å². The number of phenols is 1. The van der Waals surface area contributed by atoms with Gasteiger partial charge in [-0.1, -0.05) is 58.4 Å². The lowest BCUT2D eigenvalue weighted by Crippen LogP contribution is -2.24. The summed E-state index contributed by atoms with van der Waals surface area (Å²) in [5, 5.41) is 14.1. The van der Waals surface area contributed by atoms with Crippen molar-refractivity contribution in [3.63, 3.8) is 0 Å². The van der Waals surface area contributed by atoms with Gasteiger partial charge in [0.15, 0.2) is 18.1 Å². The molecule has 0 bridgehead atoms. The van der Waals surface area contributed by atoms with Crippen molar-refractivity contribution in [2.24, 2.45) is 5.10 Å². The number of hydrazone groups is 1. The van der Waals surface area contributed by atoms with Crippen LogP contribution in [-0.4, -0.2) is 30.4 Å². The first-order valence-corrected chi connectivity index (χ1v) is 10.1. The minimum atomic E-state index is -0.419. The van der Waals surface area contributed by atoms with E-state index in [0.717, 1.165) is 15.6 Å². The van der Waals surface area contributed by atoms with Crippen LogP contribution < -0.4 is 14.9 Å². The number of hydrogen-bond acceptors (Lipinski definition) is 5. The zero-order valence-corrected chi connectivity index (χ0v) is 17.9. The second kappa shape index (κ2) is 10.5. The van der Waals surface area contributed by atoms with Gasteiger partial charge in [-0.15, -0.1) is 0 Å². The van der Waals surface area contributed by atoms with Crippen molar-refractivity contribution in [1.29, 1.82) is 0 Å². The lowest BCUT2D eigenvalue weighted by Gasteiger charge is -2.09. The molecule has 0 saturated carbocycles. The highest BCUT2D eigenvalue weighted by Gasteiger charge is 2.09. The fourth-order valence-electron chi connectivity index (χ4n) is 2.69. The Morgan fingerprint density at radius 2 is 1.77 bits per heavy atom. The zero-order chi connectivity index (χ0) is 21.3. The molecule has 0 aliphatic heterocycles. The number of rotatable bonds is 8. The smallest absolute Gasteiger partial charge is 0.277 e. The minimum Gasteiger partial charge on any atom is -0.504 e. The molecule has 0 heterocycles. The third-order valence-electron chi connectivity index (χ3n) is 4.09. The van der Waals surface area contributed by atoms with Crippen molar-refractivity contribution >= 4 is 28.1 Å². The topological polar surface area (TPSA) is 80.2 Å². The average Bonchev–Trinajstić information content (AvgIpc) is 2.76. The predicted molar refractivity (Wildman–Crippen MR) is 120 cm³/mol. The summed E-state index contributed by atoms with van der Waals surface area (Å²) in [6, 6.07) is 20.8. The molecular weight excluding hydrogens is 448 g/mol. The molecule has 0 aliphatic rings. The molecule has 3 aromatic rings. The highest BCUT2D eigenvalue weighted by atomic mass is 79.9. The van der Waals surface area contributed by atoms with Crippen molar-refractivity contribution in [2.75, 3.05) is 13.2 Å². The molecule has 7 heteroatoms. The number of nitrogens with one attached hydrogen (secondary N) is 1. The van der Waals surface area contributed by atoms with E-state index >= 15 is 0 Å². The van der Waals surface area contributed by atoms with Crippen LogP contribution in [0.4, 0.5) is 0 Å². The Balaban J connectivity index is 1.53. The van der Waals surface area contributed by atoms with Crippen molar-refractivity contribution < 1.29 is 19.4 Å². The Kier molecular flexibility index (Phi) is 7.45. The number of halogens is 1. The Hall–Kier alpha value is -3.32. The van der Waals surface area contributed by atoms with Crippen molar-refractivity contribution in [2.45, 2.75) is 6.92 Å². The van der Waals surface area contributed by atoms with Crippen molar-refractivity contribution in [1.82, 2.24) is 5.43 Å². The summed E-state index contributed by atoms with van der Waals surface area (Å²) in [5.41, 5.74) is 4.96. The molecule has 3 aromatic carbocycles. The maximum atomic E-state index is 12.0. The van der Waals surface area contributed by atoms with Crippen LogP contribution in [0, 0.1) is 0 Å². The number of benzene rings is 3. The molecule has 1 amide bonds. The number of carbonyl (C=O) groups excluding carboxylic acids is 1. The molecule has 6 nitrogen and oxygen atoms in total. The van der Waals surface area contributed by atoms with Crippen LogP contribution in [-0.2, 0) is 4.79 Å². The third-order valence-corrected chi connectivity index (χ3v) is 4.55. The van der Waals surface area contributed by atoms with E-state index in [1.807, 2.05) is 61.5 Å². The van der Waals surface area contributed by atoms with E-state index in [1.165, 1.54) is 6.21 Å². The van der Waals surface area contributed by atoms with Gasteiger partial charge in [-0.25, -0.2) is 5.43 Å². The van der Waals surface area contributed by atoms with E-state index in [0.29, 0.717) is 23.7 Å². The van der Waals surface area contributed by atoms with Crippen LogP contribution >= 0.6 is 15.9 Å². The maximum Gasteiger partial charge on any atom is 0.277 e. The van der Waals surface area contributed by atoms with E-state index < -0.39 is 5.91 Å². The van der Waals surface area contributed by atoms with E-state index in [4.69, 9.17) is 9.47 Å². The monoisotopic (exact) mass is 468 g/mol. The lowest BCUT2D eigenvalue weighted by atomic mass is 10.1. The van der Waals surface area contributed by atoms with Gasteiger partial charge in [0.2, 0.25) is 0 Å². The normalized spacial score (nSPS) is 10.7. The molecule has 2 N–H and O–H groups in total. The van der Waals surface area contributed by atoms with Gasteiger partial charge in [0.25, 0.3) is 5.91 Å². The number of ether oxygens (including phenoxy) is 2. The molecule has 0 fully saturated rings. The largest absolute Gasteiger partial charge is 0.504 e. The standard InChI is InChI=1S/C23H21BrN2O4/c1-2-29-21-13-19(24)12-18(23(21)28)14-25-26-22(27)15-30-20-10-8-17(9-11-20)16-6-4-3-5-7-16/h3-14,28H,2,15H2,1H3,(H,26,27)/b25-14-. The van der Waals surface area contributed by atoms with Gasteiger partial charge in [0, 0.05) is 10.0 Å². The molecule has 0 aliphatic carbocycles. The summed E-state index contributed by atoms with van der Waals surface area (Å²) in [7, 11) is 0. The summed E-state index contributed by atoms with van der Waals surface area (Å²) in [5.74, 6) is 0.451. The number of phenolic OH excluding ortho intramolecular Hbond substituents is 1. The Bertz CT molecular complexity index is 1020. The van der Waals surface area contributed by atoms with Gasteiger partial charge >= 0.3 is 0 Å². The molecular formula is C23H21BrN2O4. The van der Waals surface area contributed by atoms with Crippen LogP contribution in [0.15, 0.2) is 76.3 Å². The van der Waals surface area contributed by atoms with Crippen LogP contribution in [0.5, 0.6) is 17.2 Å². The SMILES string of the molecule is CCOc1cc(Br)cc(/C=N\NC(=O)COc2ccc(-c3ccccc3)cc2)c1O. The number of nitrogens with zero attached hydrogens (tertiary/aromatic N) is 1. The van der Waals surface area contributed by atoms with Gasteiger partial charge in [-0.2, -0.15) is 5.10 Å². The molecule has 0 atom stereocenters. The van der Waals surface area contributed by atoms with Crippen LogP contribution in [0.25, 0.3) is 11.1 Å². The second-order valence-electron chi connectivity index (χ2n) is 6.25. The van der Waals surface area contributed by atoms with Gasteiger partial charge in [0.05, 0.1) is 12.8 Å². The first kappa shape index (κ1) is 21.4.